The molecule has 0 amide bonds. The number of aryl methyl sites for hydroxylation is 2. The summed E-state index contributed by atoms with van der Waals surface area (Å²) in [5, 5.41) is 9.50. The van der Waals surface area contributed by atoms with Crippen LogP contribution < -0.4 is 10.7 Å². The smallest absolute Gasteiger partial charge is 0.289 e. The van der Waals surface area contributed by atoms with Crippen LogP contribution in [0.2, 0.25) is 0 Å². The van der Waals surface area contributed by atoms with Crippen LogP contribution >= 0.6 is 0 Å². The van der Waals surface area contributed by atoms with Crippen LogP contribution in [0.4, 0.5) is 5.82 Å². The van der Waals surface area contributed by atoms with Crippen molar-refractivity contribution in [3.63, 3.8) is 0 Å². The van der Waals surface area contributed by atoms with Gasteiger partial charge < -0.3 is 4.57 Å². The molecule has 20 heavy (non-hydrogen) atoms. The lowest BCUT2D eigenvalue weighted by molar-refractivity contribution is -0.375. The highest BCUT2D eigenvalue weighted by molar-refractivity contribution is 5.76. The van der Waals surface area contributed by atoms with E-state index >= 15 is 0 Å². The fourth-order valence-corrected chi connectivity index (χ4v) is 3.14. The number of anilines is 1. The van der Waals surface area contributed by atoms with Crippen LogP contribution in [0.3, 0.4) is 0 Å². The molecule has 4 nitrogen and oxygen atoms in total. The molecule has 2 aromatic heterocycles. The highest BCUT2D eigenvalue weighted by Gasteiger charge is 2.28. The van der Waals surface area contributed by atoms with Crippen molar-refractivity contribution in [3.05, 3.63) is 35.2 Å². The van der Waals surface area contributed by atoms with Gasteiger partial charge in [0, 0.05) is 36.5 Å². The van der Waals surface area contributed by atoms with E-state index < -0.39 is 0 Å². The summed E-state index contributed by atoms with van der Waals surface area (Å²) in [6.07, 6.45) is 5.18. The molecule has 0 saturated carbocycles. The first-order valence-electron chi connectivity index (χ1n) is 7.00. The maximum atomic E-state index is 9.50. The zero-order valence-electron chi connectivity index (χ0n) is 11.9. The predicted molar refractivity (Wildman–Crippen MR) is 77.7 cm³/mol. The fourth-order valence-electron chi connectivity index (χ4n) is 3.14. The molecular formula is C16H19N4+. The third kappa shape index (κ3) is 1.87. The average Bonchev–Trinajstić information content (AvgIpc) is 2.84. The van der Waals surface area contributed by atoms with Crippen molar-refractivity contribution in [2.75, 3.05) is 5.73 Å². The van der Waals surface area contributed by atoms with Crippen LogP contribution in [-0.2, 0) is 19.9 Å². The van der Waals surface area contributed by atoms with Gasteiger partial charge in [0.15, 0.2) is 5.56 Å². The Morgan fingerprint density at radius 3 is 2.95 bits per heavy atom. The number of hydrogen-bond donors (Lipinski definition) is 1. The van der Waals surface area contributed by atoms with Crippen LogP contribution in [0.1, 0.15) is 30.2 Å². The molecule has 2 aromatic rings. The van der Waals surface area contributed by atoms with E-state index in [0.29, 0.717) is 17.3 Å². The van der Waals surface area contributed by atoms with Gasteiger partial charge >= 0.3 is 0 Å². The second kappa shape index (κ2) is 4.68. The van der Waals surface area contributed by atoms with Crippen molar-refractivity contribution in [2.24, 2.45) is 13.0 Å². The van der Waals surface area contributed by atoms with E-state index in [1.165, 1.54) is 17.7 Å². The van der Waals surface area contributed by atoms with Gasteiger partial charge in [0.2, 0.25) is 0 Å². The van der Waals surface area contributed by atoms with Gasteiger partial charge in [0.25, 0.3) is 5.82 Å². The molecule has 2 heterocycles. The number of rotatable bonds is 1. The predicted octanol–water partition coefficient (Wildman–Crippen LogP) is 2.08. The van der Waals surface area contributed by atoms with Crippen LogP contribution in [0.25, 0.3) is 11.3 Å². The second-order valence-corrected chi connectivity index (χ2v) is 5.71. The molecule has 4 heteroatoms. The summed E-state index contributed by atoms with van der Waals surface area (Å²) in [6, 6.07) is 6.33. The van der Waals surface area contributed by atoms with Crippen molar-refractivity contribution < 1.29 is 4.98 Å². The van der Waals surface area contributed by atoms with Crippen molar-refractivity contribution in [3.8, 4) is 17.3 Å². The highest BCUT2D eigenvalue weighted by atomic mass is 14.9. The molecule has 0 saturated heterocycles. The highest BCUT2D eigenvalue weighted by Crippen LogP contribution is 2.35. The molecule has 0 radical (unpaired) electrons. The third-order valence-corrected chi connectivity index (χ3v) is 4.22. The molecule has 1 aliphatic rings. The van der Waals surface area contributed by atoms with E-state index in [0.717, 1.165) is 24.1 Å². The zero-order chi connectivity index (χ0) is 14.3. The Morgan fingerprint density at radius 2 is 2.30 bits per heavy atom. The van der Waals surface area contributed by atoms with E-state index in [9.17, 15) is 5.26 Å². The van der Waals surface area contributed by atoms with Crippen LogP contribution in [0, 0.1) is 17.2 Å². The Balaban J connectivity index is 2.33. The topological polar surface area (TPSA) is 68.9 Å². The molecule has 0 aromatic carbocycles. The SMILES string of the molecule is CC1CCc2[nH+]c(N)c(C#N)c(-c3cccn3C)c2C1. The molecule has 3 N–H and O–H groups in total. The van der Waals surface area contributed by atoms with E-state index in [-0.39, 0.29) is 0 Å². The summed E-state index contributed by atoms with van der Waals surface area (Å²) in [4.78, 5) is 3.24. The minimum absolute atomic E-state index is 0.483. The first-order valence-corrected chi connectivity index (χ1v) is 7.00. The maximum absolute atomic E-state index is 9.50. The molecule has 0 spiro atoms. The van der Waals surface area contributed by atoms with Gasteiger partial charge in [0.1, 0.15) is 11.8 Å². The third-order valence-electron chi connectivity index (χ3n) is 4.22. The zero-order valence-corrected chi connectivity index (χ0v) is 11.9. The summed E-state index contributed by atoms with van der Waals surface area (Å²) in [5.74, 6) is 1.13. The minimum Gasteiger partial charge on any atom is -0.351 e. The summed E-state index contributed by atoms with van der Waals surface area (Å²) >= 11 is 0. The molecular weight excluding hydrogens is 248 g/mol. The molecule has 1 aliphatic carbocycles. The van der Waals surface area contributed by atoms with Crippen molar-refractivity contribution in [2.45, 2.75) is 26.2 Å². The molecule has 1 unspecified atom stereocenters. The molecule has 0 fully saturated rings. The lowest BCUT2D eigenvalue weighted by atomic mass is 9.83. The average molecular weight is 267 g/mol. The molecule has 102 valence electrons. The number of aromatic amines is 1. The fraction of sp³-hybridized carbons (Fsp3) is 0.375. The molecule has 3 rings (SSSR count). The Kier molecular flexibility index (Phi) is 2.98. The number of nitrogens with two attached hydrogens (primary N) is 1. The maximum Gasteiger partial charge on any atom is 0.289 e. The lowest BCUT2D eigenvalue weighted by Crippen LogP contribution is -2.27. The largest absolute Gasteiger partial charge is 0.351 e. The number of nitrogen functional groups attached to an aromatic ring is 1. The van der Waals surface area contributed by atoms with Gasteiger partial charge in [-0.05, 0) is 30.9 Å². The first-order chi connectivity index (χ1) is 9.61. The number of H-pyrrole nitrogens is 1. The van der Waals surface area contributed by atoms with Crippen LogP contribution in [-0.4, -0.2) is 4.57 Å². The number of fused-ring (bicyclic) bond motifs is 1. The quantitative estimate of drug-likeness (QED) is 0.859. The summed E-state index contributed by atoms with van der Waals surface area (Å²) < 4.78 is 2.05. The van der Waals surface area contributed by atoms with E-state index in [4.69, 9.17) is 5.73 Å². The van der Waals surface area contributed by atoms with Crippen molar-refractivity contribution >= 4 is 5.82 Å². The summed E-state index contributed by atoms with van der Waals surface area (Å²) in [5.41, 5.74) is 11.2. The van der Waals surface area contributed by atoms with E-state index in [1.807, 2.05) is 19.3 Å². The van der Waals surface area contributed by atoms with E-state index in [1.54, 1.807) is 0 Å². The Bertz CT molecular complexity index is 706. The number of aromatic nitrogens is 2. The summed E-state index contributed by atoms with van der Waals surface area (Å²) in [7, 11) is 2.00. The van der Waals surface area contributed by atoms with Gasteiger partial charge in [-0.25, -0.2) is 4.98 Å². The van der Waals surface area contributed by atoms with Gasteiger partial charge in [-0.2, -0.15) is 5.26 Å². The summed E-state index contributed by atoms with van der Waals surface area (Å²) in [6.45, 7) is 2.26. The second-order valence-electron chi connectivity index (χ2n) is 5.71. The normalized spacial score (nSPS) is 17.6. The van der Waals surface area contributed by atoms with Gasteiger partial charge in [-0.15, -0.1) is 0 Å². The number of pyridine rings is 1. The van der Waals surface area contributed by atoms with Gasteiger partial charge in [-0.1, -0.05) is 6.92 Å². The minimum atomic E-state index is 0.483. The van der Waals surface area contributed by atoms with Crippen LogP contribution in [0.5, 0.6) is 0 Å². The first kappa shape index (κ1) is 12.7. The Hall–Kier alpha value is -2.28. The Labute approximate surface area is 118 Å². The van der Waals surface area contributed by atoms with Crippen LogP contribution in [0.15, 0.2) is 18.3 Å². The number of nitriles is 1. The molecule has 0 aliphatic heterocycles. The number of nitrogens with zero attached hydrogens (tertiary/aromatic N) is 2. The van der Waals surface area contributed by atoms with E-state index in [2.05, 4.69) is 28.6 Å². The lowest BCUT2D eigenvalue weighted by Gasteiger charge is -2.23. The van der Waals surface area contributed by atoms with Crippen molar-refractivity contribution in [1.29, 1.82) is 5.26 Å². The number of nitrogens with one attached hydrogen (secondary N) is 1. The monoisotopic (exact) mass is 267 g/mol. The van der Waals surface area contributed by atoms with Gasteiger partial charge in [-0.3, -0.25) is 5.73 Å². The van der Waals surface area contributed by atoms with Crippen molar-refractivity contribution in [1.82, 2.24) is 4.57 Å². The molecule has 0 bridgehead atoms. The standard InChI is InChI=1S/C16H18N4/c1-10-5-6-13-11(8-10)15(12(9-17)16(18)19-13)14-4-3-7-20(14)2/h3-4,7,10H,5-6,8H2,1-2H3,(H2,18,19)/p+1. The van der Waals surface area contributed by atoms with Gasteiger partial charge in [0.05, 0.1) is 0 Å². The number of hydrogen-bond acceptors (Lipinski definition) is 2. The molecule has 1 atom stereocenters. The Morgan fingerprint density at radius 1 is 1.50 bits per heavy atom.